The number of aromatic nitrogens is 2. The van der Waals surface area contributed by atoms with E-state index in [2.05, 4.69) is 65.5 Å². The Morgan fingerprint density at radius 1 is 0.962 bits per heavy atom. The lowest BCUT2D eigenvalue weighted by Gasteiger charge is -2.11. The summed E-state index contributed by atoms with van der Waals surface area (Å²) < 4.78 is 5.99. The lowest BCUT2D eigenvalue weighted by atomic mass is 10.1. The van der Waals surface area contributed by atoms with Gasteiger partial charge < -0.3 is 14.6 Å². The van der Waals surface area contributed by atoms with Gasteiger partial charge in [0.05, 0.1) is 6.61 Å². The van der Waals surface area contributed by atoms with Gasteiger partial charge in [-0.05, 0) is 51.2 Å². The van der Waals surface area contributed by atoms with Crippen LogP contribution >= 0.6 is 0 Å². The van der Waals surface area contributed by atoms with Crippen molar-refractivity contribution in [1.29, 1.82) is 0 Å². The zero-order valence-corrected chi connectivity index (χ0v) is 15.9. The van der Waals surface area contributed by atoms with E-state index in [1.54, 1.807) is 0 Å². The zero-order valence-electron chi connectivity index (χ0n) is 15.9. The van der Waals surface area contributed by atoms with Gasteiger partial charge in [-0.1, -0.05) is 37.1 Å². The van der Waals surface area contributed by atoms with Crippen molar-refractivity contribution in [3.8, 4) is 5.88 Å². The molecule has 0 amide bonds. The van der Waals surface area contributed by atoms with Crippen molar-refractivity contribution < 1.29 is 4.74 Å². The highest BCUT2D eigenvalue weighted by atomic mass is 16.5. The molecule has 1 N–H and O–H groups in total. The Morgan fingerprint density at radius 2 is 1.81 bits per heavy atom. The first-order valence-electron chi connectivity index (χ1n) is 9.50. The Labute approximate surface area is 156 Å². The molecule has 2 heterocycles. The van der Waals surface area contributed by atoms with Crippen LogP contribution in [-0.2, 0) is 6.42 Å². The third-order valence-corrected chi connectivity index (χ3v) is 4.64. The summed E-state index contributed by atoms with van der Waals surface area (Å²) in [5.41, 5.74) is 3.60. The largest absolute Gasteiger partial charge is 0.477 e. The first-order valence-corrected chi connectivity index (χ1v) is 9.50. The minimum absolute atomic E-state index is 0.736. The highest BCUT2D eigenvalue weighted by molar-refractivity contribution is 5.83. The molecule has 0 fully saturated rings. The second-order valence-corrected chi connectivity index (χ2v) is 7.07. The van der Waals surface area contributed by atoms with Crippen LogP contribution in [0.3, 0.4) is 0 Å². The van der Waals surface area contributed by atoms with Crippen LogP contribution in [0, 0.1) is 0 Å². The maximum atomic E-state index is 5.99. The van der Waals surface area contributed by atoms with Gasteiger partial charge in [-0.25, -0.2) is 4.98 Å². The fourth-order valence-electron chi connectivity index (χ4n) is 3.22. The van der Waals surface area contributed by atoms with Crippen molar-refractivity contribution in [2.24, 2.45) is 0 Å². The number of H-pyrrole nitrogens is 1. The number of ether oxygens (including phenoxy) is 1. The third kappa shape index (κ3) is 5.09. The Bertz CT molecular complexity index is 810. The molecule has 0 saturated heterocycles. The predicted molar refractivity (Wildman–Crippen MR) is 108 cm³/mol. The van der Waals surface area contributed by atoms with Crippen LogP contribution in [-0.4, -0.2) is 42.1 Å². The van der Waals surface area contributed by atoms with Gasteiger partial charge in [-0.2, -0.15) is 0 Å². The molecule has 2 aromatic heterocycles. The Kier molecular flexibility index (Phi) is 6.67. The summed E-state index contributed by atoms with van der Waals surface area (Å²) in [7, 11) is 4.25. The van der Waals surface area contributed by atoms with Crippen molar-refractivity contribution >= 4 is 10.9 Å². The minimum Gasteiger partial charge on any atom is -0.477 e. The van der Waals surface area contributed by atoms with Gasteiger partial charge in [0, 0.05) is 35.3 Å². The molecule has 4 heteroatoms. The lowest BCUT2D eigenvalue weighted by Crippen LogP contribution is -2.12. The molecule has 0 bridgehead atoms. The summed E-state index contributed by atoms with van der Waals surface area (Å²) in [5.74, 6) is 0.770. The van der Waals surface area contributed by atoms with Crippen molar-refractivity contribution in [1.82, 2.24) is 14.9 Å². The number of hydrogen-bond donors (Lipinski definition) is 1. The lowest BCUT2D eigenvalue weighted by molar-refractivity contribution is 0.289. The van der Waals surface area contributed by atoms with Gasteiger partial charge in [-0.3, -0.25) is 0 Å². The summed E-state index contributed by atoms with van der Waals surface area (Å²) in [5, 5.41) is 1.27. The molecular formula is C22H29N3O. The van der Waals surface area contributed by atoms with Crippen molar-refractivity contribution in [3.63, 3.8) is 0 Å². The number of fused-ring (bicyclic) bond motifs is 1. The average Bonchev–Trinajstić information content (AvgIpc) is 3.05. The van der Waals surface area contributed by atoms with E-state index in [-0.39, 0.29) is 0 Å². The van der Waals surface area contributed by atoms with Gasteiger partial charge in [-0.15, -0.1) is 0 Å². The monoisotopic (exact) mass is 351 g/mol. The first-order chi connectivity index (χ1) is 12.7. The van der Waals surface area contributed by atoms with Gasteiger partial charge in [0.2, 0.25) is 5.88 Å². The summed E-state index contributed by atoms with van der Waals surface area (Å²) >= 11 is 0. The van der Waals surface area contributed by atoms with Gasteiger partial charge in [0.1, 0.15) is 0 Å². The molecule has 0 aliphatic heterocycles. The van der Waals surface area contributed by atoms with Gasteiger partial charge in [0.15, 0.2) is 0 Å². The fraction of sp³-hybridized carbons (Fsp3) is 0.409. The van der Waals surface area contributed by atoms with E-state index in [1.807, 2.05) is 12.3 Å². The maximum Gasteiger partial charge on any atom is 0.216 e. The Balaban J connectivity index is 1.53. The van der Waals surface area contributed by atoms with Crippen LogP contribution in [0.25, 0.3) is 10.9 Å². The highest BCUT2D eigenvalue weighted by Crippen LogP contribution is 2.24. The summed E-state index contributed by atoms with van der Waals surface area (Å²) in [6.07, 6.45) is 9.52. The van der Waals surface area contributed by atoms with Crippen LogP contribution in [0.2, 0.25) is 0 Å². The van der Waals surface area contributed by atoms with E-state index in [0.29, 0.717) is 0 Å². The van der Waals surface area contributed by atoms with E-state index >= 15 is 0 Å². The third-order valence-electron chi connectivity index (χ3n) is 4.64. The quantitative estimate of drug-likeness (QED) is 0.540. The summed E-state index contributed by atoms with van der Waals surface area (Å²) in [6, 6.07) is 12.5. The molecule has 26 heavy (non-hydrogen) atoms. The van der Waals surface area contributed by atoms with E-state index in [0.717, 1.165) is 37.4 Å². The number of benzene rings is 1. The zero-order chi connectivity index (χ0) is 18.2. The van der Waals surface area contributed by atoms with Crippen molar-refractivity contribution in [3.05, 3.63) is 59.9 Å². The van der Waals surface area contributed by atoms with E-state index < -0.39 is 0 Å². The second-order valence-electron chi connectivity index (χ2n) is 7.07. The smallest absolute Gasteiger partial charge is 0.216 e. The first kappa shape index (κ1) is 18.5. The number of para-hydroxylation sites is 1. The molecule has 0 radical (unpaired) electrons. The number of nitrogens with zero attached hydrogens (tertiary/aromatic N) is 2. The molecule has 0 aliphatic rings. The topological polar surface area (TPSA) is 41.1 Å². The van der Waals surface area contributed by atoms with Crippen LogP contribution in [0.5, 0.6) is 5.88 Å². The number of nitrogens with one attached hydrogen (secondary N) is 1. The average molecular weight is 351 g/mol. The standard InChI is InChI=1S/C22H29N3O/c1-25(2)14-7-3-4-8-15-26-22-18(10-9-13-23-22)16-19-17-24-21-12-6-5-11-20(19)21/h5-6,9-13,17,24H,3-4,7-8,14-16H2,1-2H3. The normalized spacial score (nSPS) is 11.3. The van der Waals surface area contributed by atoms with Crippen molar-refractivity contribution in [2.45, 2.75) is 32.1 Å². The van der Waals surface area contributed by atoms with Crippen LogP contribution in [0.4, 0.5) is 0 Å². The van der Waals surface area contributed by atoms with E-state index in [1.165, 1.54) is 35.7 Å². The highest BCUT2D eigenvalue weighted by Gasteiger charge is 2.09. The summed E-state index contributed by atoms with van der Waals surface area (Å²) in [6.45, 7) is 1.90. The Hall–Kier alpha value is -2.33. The molecule has 3 aromatic rings. The van der Waals surface area contributed by atoms with Gasteiger partial charge in [0.25, 0.3) is 0 Å². The van der Waals surface area contributed by atoms with Crippen LogP contribution in [0.15, 0.2) is 48.8 Å². The molecule has 0 saturated carbocycles. The van der Waals surface area contributed by atoms with Gasteiger partial charge >= 0.3 is 0 Å². The molecule has 1 aromatic carbocycles. The molecule has 3 rings (SSSR count). The maximum absolute atomic E-state index is 5.99. The second kappa shape index (κ2) is 9.39. The summed E-state index contributed by atoms with van der Waals surface area (Å²) in [4.78, 5) is 10.0. The molecule has 0 spiro atoms. The number of aromatic amines is 1. The van der Waals surface area contributed by atoms with Crippen LogP contribution in [0.1, 0.15) is 36.8 Å². The Morgan fingerprint density at radius 3 is 2.69 bits per heavy atom. The number of rotatable bonds is 10. The molecule has 0 unspecified atom stereocenters. The van der Waals surface area contributed by atoms with E-state index in [4.69, 9.17) is 4.74 Å². The minimum atomic E-state index is 0.736. The molecule has 4 nitrogen and oxygen atoms in total. The molecular weight excluding hydrogens is 322 g/mol. The SMILES string of the molecule is CN(C)CCCCCCOc1ncccc1Cc1c[nH]c2ccccc12. The molecule has 0 aliphatic carbocycles. The fourth-order valence-corrected chi connectivity index (χ4v) is 3.22. The molecule has 0 atom stereocenters. The van der Waals surface area contributed by atoms with E-state index in [9.17, 15) is 0 Å². The number of pyridine rings is 1. The number of unbranched alkanes of at least 4 members (excludes halogenated alkanes) is 3. The molecule has 138 valence electrons. The van der Waals surface area contributed by atoms with Crippen LogP contribution < -0.4 is 4.74 Å². The predicted octanol–water partition coefficient (Wildman–Crippen LogP) is 4.65. The van der Waals surface area contributed by atoms with Crippen molar-refractivity contribution in [2.75, 3.05) is 27.2 Å². The number of hydrogen-bond acceptors (Lipinski definition) is 3.